The van der Waals surface area contributed by atoms with Gasteiger partial charge >= 0.3 is 5.97 Å². The fraction of sp³-hybridized carbons (Fsp3) is 0.500. The molecule has 8 heteroatoms. The predicted octanol–water partition coefficient (Wildman–Crippen LogP) is 6.38. The summed E-state index contributed by atoms with van der Waals surface area (Å²) in [4.78, 5) is 20.2. The Bertz CT molecular complexity index is 1150. The van der Waals surface area contributed by atoms with Gasteiger partial charge in [0.25, 0.3) is 0 Å². The van der Waals surface area contributed by atoms with Crippen molar-refractivity contribution >= 4 is 14.0 Å². The van der Waals surface area contributed by atoms with Crippen molar-refractivity contribution in [2.75, 3.05) is 6.61 Å². The second kappa shape index (κ2) is 11.5. The number of aliphatic carboxylic acids is 1. The molecule has 1 N–H and O–H groups in total. The van der Waals surface area contributed by atoms with Crippen molar-refractivity contribution in [1.82, 2.24) is 19.7 Å². The van der Waals surface area contributed by atoms with E-state index in [4.69, 9.17) is 9.84 Å². The van der Waals surface area contributed by atoms with Gasteiger partial charge in [0.1, 0.15) is 12.6 Å². The van der Waals surface area contributed by atoms with Gasteiger partial charge < -0.3 is 9.84 Å². The van der Waals surface area contributed by atoms with E-state index in [0.717, 1.165) is 61.0 Å². The summed E-state index contributed by atoms with van der Waals surface area (Å²) in [7, 11) is -1.11. The fourth-order valence-electron chi connectivity index (χ4n) is 4.76. The zero-order chi connectivity index (χ0) is 25.7. The maximum absolute atomic E-state index is 11.0. The van der Waals surface area contributed by atoms with Gasteiger partial charge in [0.15, 0.2) is 5.82 Å². The van der Waals surface area contributed by atoms with Crippen LogP contribution in [0.4, 0.5) is 0 Å². The molecule has 0 aliphatic heterocycles. The van der Waals surface area contributed by atoms with Crippen molar-refractivity contribution in [3.05, 3.63) is 54.0 Å². The summed E-state index contributed by atoms with van der Waals surface area (Å²) in [5.74, 6) is 1.66. The molecule has 1 aromatic carbocycles. The average molecular weight is 507 g/mol. The Morgan fingerprint density at radius 3 is 2.36 bits per heavy atom. The minimum absolute atomic E-state index is 0.301. The van der Waals surface area contributed by atoms with Crippen molar-refractivity contribution in [1.29, 1.82) is 0 Å². The summed E-state index contributed by atoms with van der Waals surface area (Å²) in [6, 6.07) is 13.8. The van der Waals surface area contributed by atoms with Crippen LogP contribution in [0.1, 0.15) is 49.4 Å². The summed E-state index contributed by atoms with van der Waals surface area (Å²) in [6.07, 6.45) is 6.25. The molecule has 2 heterocycles. The van der Waals surface area contributed by atoms with Crippen molar-refractivity contribution < 1.29 is 14.6 Å². The molecule has 0 atom stereocenters. The summed E-state index contributed by atoms with van der Waals surface area (Å²) in [5, 5.41) is 13.6. The number of aryl methyl sites for hydroxylation is 1. The Balaban J connectivity index is 1.34. The molecule has 0 spiro atoms. The zero-order valence-corrected chi connectivity index (χ0v) is 22.9. The third kappa shape index (κ3) is 7.10. The molecule has 0 amide bonds. The number of carboxylic acids is 1. The number of carbonyl (C=O) groups is 1. The van der Waals surface area contributed by atoms with Crippen molar-refractivity contribution in [2.45, 2.75) is 77.4 Å². The molecule has 1 fully saturated rings. The van der Waals surface area contributed by atoms with Gasteiger partial charge in [-0.25, -0.2) is 9.67 Å². The van der Waals surface area contributed by atoms with E-state index in [-0.39, 0.29) is 0 Å². The Labute approximate surface area is 215 Å². The van der Waals surface area contributed by atoms with E-state index >= 15 is 0 Å². The monoisotopic (exact) mass is 506 g/mol. The van der Waals surface area contributed by atoms with Crippen LogP contribution in [-0.2, 0) is 16.3 Å². The summed E-state index contributed by atoms with van der Waals surface area (Å²) in [6.45, 7) is 10.2. The number of hydrogen-bond acceptors (Lipinski definition) is 5. The van der Waals surface area contributed by atoms with E-state index in [1.54, 1.807) is 4.68 Å². The highest BCUT2D eigenvalue weighted by Gasteiger charge is 2.24. The number of ether oxygens (including phenoxy) is 1. The van der Waals surface area contributed by atoms with Gasteiger partial charge in [-0.05, 0) is 68.2 Å². The first-order chi connectivity index (χ1) is 17.2. The minimum atomic E-state index is -1.11. The number of benzene rings is 1. The molecule has 3 aromatic rings. The molecular formula is C28H38N4O3Si. The van der Waals surface area contributed by atoms with Crippen LogP contribution in [0.3, 0.4) is 0 Å². The van der Waals surface area contributed by atoms with E-state index in [2.05, 4.69) is 59.0 Å². The second-order valence-electron chi connectivity index (χ2n) is 11.2. The molecule has 0 radical (unpaired) electrons. The lowest BCUT2D eigenvalue weighted by Crippen LogP contribution is -2.22. The van der Waals surface area contributed by atoms with Crippen molar-refractivity contribution in [3.63, 3.8) is 0 Å². The van der Waals surface area contributed by atoms with E-state index < -0.39 is 14.0 Å². The van der Waals surface area contributed by atoms with Gasteiger partial charge in [-0.15, -0.1) is 5.10 Å². The van der Waals surface area contributed by atoms with Crippen LogP contribution in [0.2, 0.25) is 25.7 Å². The third-order valence-corrected chi connectivity index (χ3v) is 8.78. The van der Waals surface area contributed by atoms with Gasteiger partial charge in [0, 0.05) is 38.4 Å². The minimum Gasteiger partial charge on any atom is -0.481 e. The summed E-state index contributed by atoms with van der Waals surface area (Å²) in [5.41, 5.74) is 4.22. The molecule has 192 valence electrons. The topological polar surface area (TPSA) is 90.1 Å². The first kappa shape index (κ1) is 26.2. The highest BCUT2D eigenvalue weighted by Crippen LogP contribution is 2.37. The van der Waals surface area contributed by atoms with Gasteiger partial charge in [-0.3, -0.25) is 9.78 Å². The van der Waals surface area contributed by atoms with E-state index in [1.807, 2.05) is 25.3 Å². The predicted molar refractivity (Wildman–Crippen MR) is 144 cm³/mol. The average Bonchev–Trinajstić information content (AvgIpc) is 3.22. The third-order valence-electron chi connectivity index (χ3n) is 7.08. The van der Waals surface area contributed by atoms with Crippen LogP contribution in [0.5, 0.6) is 0 Å². The van der Waals surface area contributed by atoms with Gasteiger partial charge in [-0.2, -0.15) is 0 Å². The molecule has 0 bridgehead atoms. The van der Waals surface area contributed by atoms with Gasteiger partial charge in [0.2, 0.25) is 0 Å². The Hall–Kier alpha value is -2.84. The van der Waals surface area contributed by atoms with E-state index in [1.165, 1.54) is 5.56 Å². The molecule has 0 saturated heterocycles. The molecule has 1 saturated carbocycles. The smallest absolute Gasteiger partial charge is 0.303 e. The molecule has 7 nitrogen and oxygen atoms in total. The molecule has 2 aromatic heterocycles. The number of nitrogens with zero attached hydrogens (tertiary/aromatic N) is 4. The fourth-order valence-corrected chi connectivity index (χ4v) is 5.52. The lowest BCUT2D eigenvalue weighted by Gasteiger charge is -2.28. The normalized spacial score (nSPS) is 18.3. The van der Waals surface area contributed by atoms with Crippen LogP contribution in [0.25, 0.3) is 22.6 Å². The molecule has 1 aliphatic carbocycles. The molecular weight excluding hydrogens is 468 g/mol. The Morgan fingerprint density at radius 2 is 1.75 bits per heavy atom. The molecule has 36 heavy (non-hydrogen) atoms. The number of rotatable bonds is 10. The van der Waals surface area contributed by atoms with Gasteiger partial charge in [-0.1, -0.05) is 43.9 Å². The highest BCUT2D eigenvalue weighted by atomic mass is 28.3. The lowest BCUT2D eigenvalue weighted by atomic mass is 9.77. The second-order valence-corrected chi connectivity index (χ2v) is 16.8. The quantitative estimate of drug-likeness (QED) is 0.254. The van der Waals surface area contributed by atoms with Crippen LogP contribution < -0.4 is 0 Å². The summed E-state index contributed by atoms with van der Waals surface area (Å²) < 4.78 is 7.64. The molecule has 1 aliphatic rings. The van der Waals surface area contributed by atoms with Crippen molar-refractivity contribution in [3.8, 4) is 22.6 Å². The Morgan fingerprint density at radius 1 is 1.06 bits per heavy atom. The highest BCUT2D eigenvalue weighted by molar-refractivity contribution is 6.76. The summed E-state index contributed by atoms with van der Waals surface area (Å²) >= 11 is 0. The van der Waals surface area contributed by atoms with E-state index in [0.29, 0.717) is 30.8 Å². The van der Waals surface area contributed by atoms with Crippen LogP contribution in [-0.4, -0.2) is 45.5 Å². The van der Waals surface area contributed by atoms with E-state index in [9.17, 15) is 4.79 Å². The maximum atomic E-state index is 11.0. The molecule has 0 unspecified atom stereocenters. The van der Waals surface area contributed by atoms with Crippen LogP contribution in [0.15, 0.2) is 42.6 Å². The first-order valence-corrected chi connectivity index (χ1v) is 16.7. The number of aromatic nitrogens is 4. The molecule has 4 rings (SSSR count). The first-order valence-electron chi connectivity index (χ1n) is 13.0. The zero-order valence-electron chi connectivity index (χ0n) is 21.9. The van der Waals surface area contributed by atoms with Crippen LogP contribution >= 0.6 is 0 Å². The Kier molecular flexibility index (Phi) is 8.36. The largest absolute Gasteiger partial charge is 0.481 e. The standard InChI is InChI=1S/C28H38N4O3Si/c1-20-30-28(31-32(20)19-35-15-16-36(2,3)4)25-13-14-26(29-18-25)24-11-9-23(10-12-24)22-7-5-21(6-8-22)17-27(33)34/h9-14,18,21-22H,5-8,15-17,19H2,1-4H3,(H,33,34)/t21-,22-. The SMILES string of the molecule is Cc1nc(-c2ccc(-c3ccc([C@H]4CC[C@H](CC(=O)O)CC4)cc3)nc2)nn1COCC[Si](C)(C)C. The number of carboxylic acid groups (broad SMARTS) is 1. The number of hydrogen-bond donors (Lipinski definition) is 1. The number of pyridine rings is 1. The van der Waals surface area contributed by atoms with Crippen LogP contribution in [0, 0.1) is 12.8 Å². The maximum Gasteiger partial charge on any atom is 0.303 e. The van der Waals surface area contributed by atoms with Gasteiger partial charge in [0.05, 0.1) is 5.69 Å². The van der Waals surface area contributed by atoms with Crippen molar-refractivity contribution in [2.24, 2.45) is 5.92 Å². The lowest BCUT2D eigenvalue weighted by molar-refractivity contribution is -0.138.